The van der Waals surface area contributed by atoms with Gasteiger partial charge in [-0.1, -0.05) is 35.2 Å². The Morgan fingerprint density at radius 1 is 1.36 bits per heavy atom. The predicted octanol–water partition coefficient (Wildman–Crippen LogP) is 2.26. The van der Waals surface area contributed by atoms with Gasteiger partial charge in [0.05, 0.1) is 6.21 Å². The molecule has 0 amide bonds. The van der Waals surface area contributed by atoms with Crippen molar-refractivity contribution in [1.82, 2.24) is 0 Å². The Hall–Kier alpha value is -1.75. The Bertz CT molecular complexity index is 408. The number of oxime groups is 1. The van der Waals surface area contributed by atoms with Crippen molar-refractivity contribution in [2.24, 2.45) is 11.1 Å². The lowest BCUT2D eigenvalue weighted by atomic mass is 10.1. The molecule has 1 aliphatic rings. The summed E-state index contributed by atoms with van der Waals surface area (Å²) < 4.78 is 0. The summed E-state index contributed by atoms with van der Waals surface area (Å²) in [6.07, 6.45) is 3.86. The fourth-order valence-electron chi connectivity index (χ4n) is 1.19. The SMILES string of the molecule is O/N=C\c1ccccc1C#CC1CC1. The molecule has 0 aliphatic heterocycles. The molecule has 2 heteroatoms. The van der Waals surface area contributed by atoms with Crippen LogP contribution >= 0.6 is 0 Å². The van der Waals surface area contributed by atoms with E-state index in [1.807, 2.05) is 24.3 Å². The largest absolute Gasteiger partial charge is 0.411 e. The van der Waals surface area contributed by atoms with E-state index in [1.165, 1.54) is 19.1 Å². The minimum Gasteiger partial charge on any atom is -0.411 e. The highest BCUT2D eigenvalue weighted by atomic mass is 16.4. The van der Waals surface area contributed by atoms with E-state index in [1.54, 1.807) is 0 Å². The second-order valence-electron chi connectivity index (χ2n) is 3.38. The molecule has 1 aromatic carbocycles. The van der Waals surface area contributed by atoms with Gasteiger partial charge in [-0.15, -0.1) is 0 Å². The van der Waals surface area contributed by atoms with E-state index in [0.29, 0.717) is 5.92 Å². The van der Waals surface area contributed by atoms with Crippen LogP contribution in [0.25, 0.3) is 0 Å². The number of benzene rings is 1. The molecule has 0 radical (unpaired) electrons. The Labute approximate surface area is 83.3 Å². The summed E-state index contributed by atoms with van der Waals surface area (Å²) in [5, 5.41) is 11.5. The summed E-state index contributed by atoms with van der Waals surface area (Å²) in [4.78, 5) is 0. The highest BCUT2D eigenvalue weighted by molar-refractivity contribution is 5.83. The van der Waals surface area contributed by atoms with Crippen LogP contribution in [0.3, 0.4) is 0 Å². The van der Waals surface area contributed by atoms with Crippen molar-refractivity contribution in [3.05, 3.63) is 35.4 Å². The number of hydrogen-bond donors (Lipinski definition) is 1. The van der Waals surface area contributed by atoms with E-state index in [-0.39, 0.29) is 0 Å². The molecule has 0 bridgehead atoms. The van der Waals surface area contributed by atoms with Crippen molar-refractivity contribution in [3.63, 3.8) is 0 Å². The average Bonchev–Trinajstić information content (AvgIpc) is 3.01. The molecule has 1 N–H and O–H groups in total. The van der Waals surface area contributed by atoms with E-state index in [2.05, 4.69) is 17.0 Å². The van der Waals surface area contributed by atoms with Crippen LogP contribution in [0, 0.1) is 17.8 Å². The molecule has 0 spiro atoms. The first-order valence-corrected chi connectivity index (χ1v) is 4.68. The van der Waals surface area contributed by atoms with Crippen molar-refractivity contribution in [2.45, 2.75) is 12.8 Å². The number of rotatable bonds is 1. The summed E-state index contributed by atoms with van der Waals surface area (Å²) in [6, 6.07) is 7.66. The molecule has 1 fully saturated rings. The van der Waals surface area contributed by atoms with Crippen LogP contribution < -0.4 is 0 Å². The average molecular weight is 185 g/mol. The van der Waals surface area contributed by atoms with Gasteiger partial charge in [0.15, 0.2) is 0 Å². The molecule has 14 heavy (non-hydrogen) atoms. The van der Waals surface area contributed by atoms with E-state index >= 15 is 0 Å². The Kier molecular flexibility index (Phi) is 2.51. The normalized spacial score (nSPS) is 15.1. The van der Waals surface area contributed by atoms with Crippen molar-refractivity contribution in [2.75, 3.05) is 0 Å². The standard InChI is InChI=1S/C12H11NO/c14-13-9-12-4-2-1-3-11(12)8-7-10-5-6-10/h1-4,9-10,14H,5-6H2/b13-9-. The van der Waals surface area contributed by atoms with Gasteiger partial charge in [-0.2, -0.15) is 0 Å². The molecule has 0 atom stereocenters. The molecule has 1 saturated carbocycles. The highest BCUT2D eigenvalue weighted by Gasteiger charge is 2.17. The third-order valence-electron chi connectivity index (χ3n) is 2.15. The lowest BCUT2D eigenvalue weighted by Crippen LogP contribution is -1.86. The van der Waals surface area contributed by atoms with Gasteiger partial charge in [0.2, 0.25) is 0 Å². The maximum atomic E-state index is 8.46. The molecule has 1 aliphatic carbocycles. The monoisotopic (exact) mass is 185 g/mol. The van der Waals surface area contributed by atoms with Crippen molar-refractivity contribution < 1.29 is 5.21 Å². The van der Waals surface area contributed by atoms with E-state index in [0.717, 1.165) is 11.1 Å². The van der Waals surface area contributed by atoms with Gasteiger partial charge < -0.3 is 5.21 Å². The van der Waals surface area contributed by atoms with Gasteiger partial charge in [0.25, 0.3) is 0 Å². The summed E-state index contributed by atoms with van der Waals surface area (Å²) in [5.74, 6) is 6.88. The van der Waals surface area contributed by atoms with Crippen LogP contribution in [0.5, 0.6) is 0 Å². The molecular weight excluding hydrogens is 174 g/mol. The van der Waals surface area contributed by atoms with Crippen LogP contribution in [0.2, 0.25) is 0 Å². The minimum atomic E-state index is 0.592. The van der Waals surface area contributed by atoms with Crippen molar-refractivity contribution >= 4 is 6.21 Å². The lowest BCUT2D eigenvalue weighted by Gasteiger charge is -1.95. The Balaban J connectivity index is 2.27. The maximum absolute atomic E-state index is 8.46. The van der Waals surface area contributed by atoms with Crippen molar-refractivity contribution in [1.29, 1.82) is 0 Å². The van der Waals surface area contributed by atoms with Crippen LogP contribution in [-0.2, 0) is 0 Å². The lowest BCUT2D eigenvalue weighted by molar-refractivity contribution is 0.322. The predicted molar refractivity (Wildman–Crippen MR) is 55.4 cm³/mol. The number of hydrogen-bond acceptors (Lipinski definition) is 2. The van der Waals surface area contributed by atoms with Crippen LogP contribution in [0.4, 0.5) is 0 Å². The van der Waals surface area contributed by atoms with Gasteiger partial charge in [0, 0.05) is 17.0 Å². The first-order chi connectivity index (χ1) is 6.90. The van der Waals surface area contributed by atoms with Crippen LogP contribution in [0.15, 0.2) is 29.4 Å². The Morgan fingerprint density at radius 2 is 2.14 bits per heavy atom. The van der Waals surface area contributed by atoms with Crippen LogP contribution in [0.1, 0.15) is 24.0 Å². The fourth-order valence-corrected chi connectivity index (χ4v) is 1.19. The second kappa shape index (κ2) is 3.97. The molecule has 2 rings (SSSR count). The highest BCUT2D eigenvalue weighted by Crippen LogP contribution is 2.27. The van der Waals surface area contributed by atoms with E-state index in [9.17, 15) is 0 Å². The van der Waals surface area contributed by atoms with E-state index < -0.39 is 0 Å². The topological polar surface area (TPSA) is 32.6 Å². The molecule has 0 saturated heterocycles. The van der Waals surface area contributed by atoms with Crippen LogP contribution in [-0.4, -0.2) is 11.4 Å². The molecule has 0 aromatic heterocycles. The first kappa shape index (κ1) is 8.83. The zero-order valence-corrected chi connectivity index (χ0v) is 7.77. The van der Waals surface area contributed by atoms with Gasteiger partial charge in [-0.25, -0.2) is 0 Å². The second-order valence-corrected chi connectivity index (χ2v) is 3.38. The quantitative estimate of drug-likeness (QED) is 0.309. The van der Waals surface area contributed by atoms with Gasteiger partial charge in [-0.05, 0) is 18.9 Å². The zero-order valence-electron chi connectivity index (χ0n) is 7.77. The molecule has 70 valence electrons. The maximum Gasteiger partial charge on any atom is 0.0746 e. The van der Waals surface area contributed by atoms with Gasteiger partial charge in [0.1, 0.15) is 0 Å². The molecule has 0 heterocycles. The number of nitrogens with zero attached hydrogens (tertiary/aromatic N) is 1. The van der Waals surface area contributed by atoms with Gasteiger partial charge in [-0.3, -0.25) is 0 Å². The first-order valence-electron chi connectivity index (χ1n) is 4.68. The molecule has 2 nitrogen and oxygen atoms in total. The summed E-state index contributed by atoms with van der Waals surface area (Å²) >= 11 is 0. The third kappa shape index (κ3) is 2.14. The summed E-state index contributed by atoms with van der Waals surface area (Å²) in [7, 11) is 0. The fraction of sp³-hybridized carbons (Fsp3) is 0.250. The van der Waals surface area contributed by atoms with Crippen molar-refractivity contribution in [3.8, 4) is 11.8 Å². The minimum absolute atomic E-state index is 0.592. The molecule has 0 unspecified atom stereocenters. The smallest absolute Gasteiger partial charge is 0.0746 e. The zero-order chi connectivity index (χ0) is 9.80. The third-order valence-corrected chi connectivity index (χ3v) is 2.15. The van der Waals surface area contributed by atoms with E-state index in [4.69, 9.17) is 5.21 Å². The summed E-state index contributed by atoms with van der Waals surface area (Å²) in [5.41, 5.74) is 1.79. The summed E-state index contributed by atoms with van der Waals surface area (Å²) in [6.45, 7) is 0. The molecular formula is C12H11NO. The Morgan fingerprint density at radius 3 is 2.86 bits per heavy atom. The van der Waals surface area contributed by atoms with Gasteiger partial charge >= 0.3 is 0 Å². The molecule has 1 aromatic rings.